The summed E-state index contributed by atoms with van der Waals surface area (Å²) in [7, 11) is 1.69. The van der Waals surface area contributed by atoms with Crippen LogP contribution in [0.5, 0.6) is 5.75 Å². The van der Waals surface area contributed by atoms with E-state index in [1.54, 1.807) is 36.7 Å². The zero-order valence-corrected chi connectivity index (χ0v) is 22.4. The number of aryl methyl sites for hydroxylation is 1. The van der Waals surface area contributed by atoms with Crippen LogP contribution in [0.1, 0.15) is 44.6 Å². The van der Waals surface area contributed by atoms with Crippen LogP contribution in [-0.4, -0.2) is 21.6 Å². The summed E-state index contributed by atoms with van der Waals surface area (Å²) in [6.45, 7) is 5.15. The molecule has 0 saturated heterocycles. The number of halogens is 2. The highest BCUT2D eigenvalue weighted by molar-refractivity contribution is 6.11. The lowest BCUT2D eigenvalue weighted by molar-refractivity contribution is -0.112. The number of benzene rings is 2. The summed E-state index contributed by atoms with van der Waals surface area (Å²) in [6, 6.07) is 11.0. The van der Waals surface area contributed by atoms with Crippen LogP contribution in [0.3, 0.4) is 0 Å². The van der Waals surface area contributed by atoms with E-state index in [4.69, 9.17) is 10.5 Å². The van der Waals surface area contributed by atoms with Crippen LogP contribution in [0.2, 0.25) is 0 Å². The average molecular weight is 542 g/mol. The zero-order valence-electron chi connectivity index (χ0n) is 22.4. The third-order valence-corrected chi connectivity index (χ3v) is 7.29. The first-order valence-electron chi connectivity index (χ1n) is 13.1. The summed E-state index contributed by atoms with van der Waals surface area (Å²) < 4.78 is 38.8. The molecule has 1 amide bonds. The van der Waals surface area contributed by atoms with Crippen LogP contribution < -0.4 is 15.8 Å². The summed E-state index contributed by atoms with van der Waals surface area (Å²) in [5.74, 6) is -1.33. The van der Waals surface area contributed by atoms with Crippen LogP contribution in [-0.2, 0) is 11.8 Å². The second kappa shape index (κ2) is 10.8. The van der Waals surface area contributed by atoms with E-state index in [1.807, 2.05) is 0 Å². The van der Waals surface area contributed by atoms with Crippen molar-refractivity contribution in [3.8, 4) is 34.2 Å². The summed E-state index contributed by atoms with van der Waals surface area (Å²) in [5, 5.41) is 12.8. The minimum Gasteiger partial charge on any atom is -0.487 e. The SMILES string of the molecule is C=C(C)C(=O)Nc1ccc(-c2c(-c3ccc(OC4CCCCC4)c(F)c3)c3c(N)ncc(C#N)c3n2C)c(F)c1. The van der Waals surface area contributed by atoms with Crippen LogP contribution in [0, 0.1) is 23.0 Å². The first kappa shape index (κ1) is 26.9. The van der Waals surface area contributed by atoms with Crippen molar-refractivity contribution in [3.63, 3.8) is 0 Å². The summed E-state index contributed by atoms with van der Waals surface area (Å²) in [5.41, 5.74) is 8.94. The molecular weight excluding hydrogens is 512 g/mol. The Morgan fingerprint density at radius 3 is 2.58 bits per heavy atom. The highest BCUT2D eigenvalue weighted by Gasteiger charge is 2.26. The van der Waals surface area contributed by atoms with Crippen LogP contribution in [0.25, 0.3) is 33.3 Å². The van der Waals surface area contributed by atoms with Crippen molar-refractivity contribution in [2.24, 2.45) is 7.05 Å². The fourth-order valence-corrected chi connectivity index (χ4v) is 5.32. The Morgan fingerprint density at radius 2 is 1.93 bits per heavy atom. The van der Waals surface area contributed by atoms with Gasteiger partial charge >= 0.3 is 0 Å². The van der Waals surface area contributed by atoms with Crippen molar-refractivity contribution < 1.29 is 18.3 Å². The molecule has 9 heteroatoms. The molecule has 0 atom stereocenters. The monoisotopic (exact) mass is 541 g/mol. The Bertz CT molecular complexity index is 1700. The average Bonchev–Trinajstić information content (AvgIpc) is 3.24. The zero-order chi connectivity index (χ0) is 28.6. The molecule has 0 radical (unpaired) electrons. The second-order valence-electron chi connectivity index (χ2n) is 10.1. The number of nitrogen functional groups attached to an aromatic ring is 1. The molecule has 0 aliphatic heterocycles. The lowest BCUT2D eigenvalue weighted by Gasteiger charge is -2.23. The number of nitrogens with one attached hydrogen (secondary N) is 1. The molecule has 3 N–H and O–H groups in total. The molecule has 4 aromatic rings. The minimum absolute atomic E-state index is 0.0294. The van der Waals surface area contributed by atoms with E-state index in [9.17, 15) is 10.1 Å². The van der Waals surface area contributed by atoms with E-state index in [1.165, 1.54) is 24.4 Å². The molecule has 0 unspecified atom stereocenters. The molecule has 0 spiro atoms. The molecule has 40 heavy (non-hydrogen) atoms. The van der Waals surface area contributed by atoms with E-state index in [0.29, 0.717) is 27.7 Å². The number of hydrogen-bond donors (Lipinski definition) is 2. The van der Waals surface area contributed by atoms with Gasteiger partial charge in [0.15, 0.2) is 11.6 Å². The molecule has 204 valence electrons. The van der Waals surface area contributed by atoms with Crippen molar-refractivity contribution in [1.82, 2.24) is 9.55 Å². The van der Waals surface area contributed by atoms with E-state index < -0.39 is 17.5 Å². The van der Waals surface area contributed by atoms with Gasteiger partial charge in [0.1, 0.15) is 17.7 Å². The molecular formula is C31H29F2N5O2. The predicted octanol–water partition coefficient (Wildman–Crippen LogP) is 6.87. The highest BCUT2D eigenvalue weighted by Crippen LogP contribution is 2.45. The number of aromatic nitrogens is 2. The van der Waals surface area contributed by atoms with Crippen molar-refractivity contribution in [3.05, 3.63) is 71.9 Å². The predicted molar refractivity (Wildman–Crippen MR) is 152 cm³/mol. The standard InChI is InChI=1S/C31H29F2N5O2/c1-17(2)31(39)37-20-10-11-22(23(32)14-20)29-26(27-28(38(29)3)19(15-34)16-36-30(27)35)18-9-12-25(24(33)13-18)40-21-7-5-4-6-8-21/h9-14,16,21H,1,4-8H2,2-3H3,(H2,35,36)(H,37,39). The molecule has 2 aromatic carbocycles. The van der Waals surface area contributed by atoms with Gasteiger partial charge in [-0.1, -0.05) is 19.1 Å². The number of carbonyl (C=O) groups excluding carboxylic acids is 1. The highest BCUT2D eigenvalue weighted by atomic mass is 19.1. The number of amides is 1. The summed E-state index contributed by atoms with van der Waals surface area (Å²) in [4.78, 5) is 16.2. The lowest BCUT2D eigenvalue weighted by Crippen LogP contribution is -2.20. The topological polar surface area (TPSA) is 106 Å². The van der Waals surface area contributed by atoms with E-state index in [0.717, 1.165) is 32.1 Å². The van der Waals surface area contributed by atoms with E-state index >= 15 is 8.78 Å². The molecule has 1 aliphatic rings. The number of rotatable bonds is 6. The number of nitrogens with zero attached hydrogens (tertiary/aromatic N) is 3. The molecule has 1 fully saturated rings. The summed E-state index contributed by atoms with van der Waals surface area (Å²) >= 11 is 0. The Morgan fingerprint density at radius 1 is 1.18 bits per heavy atom. The minimum atomic E-state index is -0.630. The van der Waals surface area contributed by atoms with Gasteiger partial charge in [0, 0.05) is 35.6 Å². The first-order valence-corrected chi connectivity index (χ1v) is 13.1. The molecule has 5 rings (SSSR count). The maximum atomic E-state index is 15.7. The Kier molecular flexibility index (Phi) is 7.26. The van der Waals surface area contributed by atoms with E-state index in [-0.39, 0.29) is 40.1 Å². The van der Waals surface area contributed by atoms with Crippen molar-refractivity contribution >= 4 is 28.3 Å². The van der Waals surface area contributed by atoms with Gasteiger partial charge in [0.25, 0.3) is 5.91 Å². The van der Waals surface area contributed by atoms with Crippen molar-refractivity contribution in [1.29, 1.82) is 5.26 Å². The second-order valence-corrected chi connectivity index (χ2v) is 10.1. The van der Waals surface area contributed by atoms with Gasteiger partial charge in [-0.2, -0.15) is 5.26 Å². The number of pyridine rings is 1. The van der Waals surface area contributed by atoms with Crippen LogP contribution in [0.15, 0.2) is 54.7 Å². The number of nitriles is 1. The summed E-state index contributed by atoms with van der Waals surface area (Å²) in [6.07, 6.45) is 6.36. The normalized spacial score (nSPS) is 13.7. The van der Waals surface area contributed by atoms with Gasteiger partial charge in [0.05, 0.1) is 28.3 Å². The van der Waals surface area contributed by atoms with Gasteiger partial charge in [-0.05, 0) is 68.5 Å². The molecule has 0 bridgehead atoms. The molecule has 2 heterocycles. The number of nitrogens with two attached hydrogens (primary N) is 1. The van der Waals surface area contributed by atoms with Gasteiger partial charge in [-0.15, -0.1) is 0 Å². The van der Waals surface area contributed by atoms with Gasteiger partial charge in [-0.25, -0.2) is 13.8 Å². The van der Waals surface area contributed by atoms with Crippen LogP contribution in [0.4, 0.5) is 20.3 Å². The third kappa shape index (κ3) is 4.89. The Labute approximate surface area is 230 Å². The molecule has 1 aliphatic carbocycles. The van der Waals surface area contributed by atoms with E-state index in [2.05, 4.69) is 22.9 Å². The fourth-order valence-electron chi connectivity index (χ4n) is 5.32. The van der Waals surface area contributed by atoms with Crippen LogP contribution >= 0.6 is 0 Å². The third-order valence-electron chi connectivity index (χ3n) is 7.29. The van der Waals surface area contributed by atoms with Crippen molar-refractivity contribution in [2.45, 2.75) is 45.1 Å². The largest absolute Gasteiger partial charge is 0.487 e. The molecule has 7 nitrogen and oxygen atoms in total. The Hall–Kier alpha value is -4.71. The fraction of sp³-hybridized carbons (Fsp3) is 0.258. The smallest absolute Gasteiger partial charge is 0.250 e. The number of ether oxygens (including phenoxy) is 1. The van der Waals surface area contributed by atoms with Gasteiger partial charge in [0.2, 0.25) is 0 Å². The maximum Gasteiger partial charge on any atom is 0.250 e. The number of anilines is 2. The Balaban J connectivity index is 1.68. The quantitative estimate of drug-likeness (QED) is 0.259. The molecule has 2 aromatic heterocycles. The van der Waals surface area contributed by atoms with Gasteiger partial charge < -0.3 is 20.4 Å². The number of hydrogen-bond acceptors (Lipinski definition) is 5. The molecule has 1 saturated carbocycles. The maximum absolute atomic E-state index is 15.7. The van der Waals surface area contributed by atoms with Gasteiger partial charge in [-0.3, -0.25) is 4.79 Å². The van der Waals surface area contributed by atoms with Crippen molar-refractivity contribution in [2.75, 3.05) is 11.1 Å². The number of carbonyl (C=O) groups is 1. The first-order chi connectivity index (χ1) is 19.2. The lowest BCUT2D eigenvalue weighted by atomic mass is 9.96. The number of fused-ring (bicyclic) bond motifs is 1.